The Labute approximate surface area is 271 Å². The third kappa shape index (κ3) is 3.87. The number of carbonyl (C=O) groups is 2. The molecule has 5 aliphatic carbocycles. The van der Waals surface area contributed by atoms with Crippen molar-refractivity contribution in [1.29, 1.82) is 0 Å². The highest BCUT2D eigenvalue weighted by atomic mass is 16.6. The molecule has 0 radical (unpaired) electrons. The molecule has 1 aliphatic heterocycles. The highest BCUT2D eigenvalue weighted by Gasteiger charge is 2.89. The number of carbonyl (C=O) groups excluding carboxylic acids is 2. The van der Waals surface area contributed by atoms with Crippen LogP contribution in [0.3, 0.4) is 0 Å². The molecule has 11 nitrogen and oxygen atoms in total. The molecule has 1 heterocycles. The zero-order chi connectivity index (χ0) is 32.8. The van der Waals surface area contributed by atoms with E-state index in [1.54, 1.807) is 59.8 Å². The Morgan fingerprint density at radius 2 is 1.70 bits per heavy atom. The number of fused-ring (bicyclic) bond motifs is 2. The number of hydrogen-bond donors (Lipinski definition) is 1. The van der Waals surface area contributed by atoms with Crippen LogP contribution < -0.4 is 4.74 Å². The number of benzene rings is 1. The molecule has 1 aromatic carbocycles. The van der Waals surface area contributed by atoms with E-state index in [2.05, 4.69) is 11.8 Å². The lowest BCUT2D eigenvalue weighted by Crippen LogP contribution is -2.77. The van der Waals surface area contributed by atoms with E-state index in [1.165, 1.54) is 6.92 Å². The van der Waals surface area contributed by atoms with Crippen molar-refractivity contribution in [3.8, 4) is 5.75 Å². The number of methoxy groups -OCH3 is 5. The average molecular weight is 644 g/mol. The fourth-order valence-corrected chi connectivity index (χ4v) is 12.4. The minimum absolute atomic E-state index is 0.00534. The van der Waals surface area contributed by atoms with Crippen LogP contribution >= 0.6 is 0 Å². The number of esters is 2. The van der Waals surface area contributed by atoms with E-state index in [4.69, 9.17) is 33.2 Å². The van der Waals surface area contributed by atoms with Gasteiger partial charge < -0.3 is 38.3 Å². The van der Waals surface area contributed by atoms with Gasteiger partial charge in [0.15, 0.2) is 0 Å². The summed E-state index contributed by atoms with van der Waals surface area (Å²) in [6, 6.07) is 6.66. The summed E-state index contributed by atoms with van der Waals surface area (Å²) in [6.45, 7) is 5.80. The molecule has 6 fully saturated rings. The minimum Gasteiger partial charge on any atom is -0.497 e. The van der Waals surface area contributed by atoms with Crippen molar-refractivity contribution in [2.75, 3.05) is 55.2 Å². The van der Waals surface area contributed by atoms with Crippen molar-refractivity contribution in [2.24, 2.45) is 34.5 Å². The number of likely N-dealkylation sites (tertiary alicyclic amines) is 1. The average Bonchev–Trinajstić information content (AvgIpc) is 3.42. The normalized spacial score (nSPS) is 46.6. The lowest BCUT2D eigenvalue weighted by Gasteiger charge is -2.69. The van der Waals surface area contributed by atoms with Crippen LogP contribution in [0.4, 0.5) is 0 Å². The van der Waals surface area contributed by atoms with Crippen molar-refractivity contribution in [1.82, 2.24) is 4.90 Å². The molecular weight excluding hydrogens is 594 g/mol. The molecule has 1 aromatic rings. The molecule has 0 unspecified atom stereocenters. The molecule has 13 atom stereocenters. The van der Waals surface area contributed by atoms with Gasteiger partial charge in [-0.05, 0) is 56.0 Å². The highest BCUT2D eigenvalue weighted by molar-refractivity contribution is 5.89. The number of ether oxygens (including phenoxy) is 7. The van der Waals surface area contributed by atoms with Gasteiger partial charge in [-0.15, -0.1) is 0 Å². The van der Waals surface area contributed by atoms with E-state index in [-0.39, 0.29) is 47.8 Å². The molecule has 7 rings (SSSR count). The molecule has 254 valence electrons. The van der Waals surface area contributed by atoms with Crippen LogP contribution in [0.1, 0.15) is 49.9 Å². The summed E-state index contributed by atoms with van der Waals surface area (Å²) in [7, 11) is 8.44. The zero-order valence-corrected chi connectivity index (χ0v) is 28.0. The summed E-state index contributed by atoms with van der Waals surface area (Å²) in [5, 5.41) is 12.8. The first-order valence-corrected chi connectivity index (χ1v) is 16.6. The van der Waals surface area contributed by atoms with Gasteiger partial charge in [0.1, 0.15) is 23.1 Å². The van der Waals surface area contributed by atoms with E-state index in [1.807, 2.05) is 0 Å². The van der Waals surface area contributed by atoms with Crippen molar-refractivity contribution in [2.45, 2.75) is 81.2 Å². The summed E-state index contributed by atoms with van der Waals surface area (Å²) in [4.78, 5) is 29.7. The second kappa shape index (κ2) is 11.1. The van der Waals surface area contributed by atoms with Gasteiger partial charge >= 0.3 is 11.9 Å². The molecule has 7 bridgehead atoms. The Morgan fingerprint density at radius 1 is 0.978 bits per heavy atom. The second-order valence-electron chi connectivity index (χ2n) is 14.6. The number of hydrogen-bond acceptors (Lipinski definition) is 11. The highest BCUT2D eigenvalue weighted by Crippen LogP contribution is 2.80. The lowest BCUT2D eigenvalue weighted by molar-refractivity contribution is -0.287. The molecule has 0 amide bonds. The van der Waals surface area contributed by atoms with Crippen LogP contribution in [0.25, 0.3) is 0 Å². The number of aliphatic hydroxyl groups is 1. The fourth-order valence-electron chi connectivity index (χ4n) is 12.4. The number of nitrogens with zero attached hydrogens (tertiary/aromatic N) is 1. The Bertz CT molecular complexity index is 1360. The first-order valence-electron chi connectivity index (χ1n) is 16.6. The van der Waals surface area contributed by atoms with E-state index in [0.29, 0.717) is 24.3 Å². The molecule has 1 spiro atoms. The summed E-state index contributed by atoms with van der Waals surface area (Å²) >= 11 is 0. The van der Waals surface area contributed by atoms with E-state index >= 15 is 0 Å². The monoisotopic (exact) mass is 643 g/mol. The fraction of sp³-hybridized carbons (Fsp3) is 0.771. The largest absolute Gasteiger partial charge is 0.497 e. The number of piperidine rings is 1. The maximum atomic E-state index is 13.9. The summed E-state index contributed by atoms with van der Waals surface area (Å²) < 4.78 is 43.6. The maximum absolute atomic E-state index is 13.9. The predicted octanol–water partition coefficient (Wildman–Crippen LogP) is 2.72. The molecule has 11 heteroatoms. The molecule has 0 aromatic heterocycles. The maximum Gasteiger partial charge on any atom is 0.338 e. The van der Waals surface area contributed by atoms with E-state index in [0.717, 1.165) is 25.9 Å². The van der Waals surface area contributed by atoms with Crippen molar-refractivity contribution in [3.05, 3.63) is 29.8 Å². The van der Waals surface area contributed by atoms with E-state index < -0.39 is 46.7 Å². The molecular formula is C35H49NO10. The Morgan fingerprint density at radius 3 is 2.28 bits per heavy atom. The van der Waals surface area contributed by atoms with Gasteiger partial charge in [-0.3, -0.25) is 9.69 Å². The third-order valence-electron chi connectivity index (χ3n) is 13.3. The summed E-state index contributed by atoms with van der Waals surface area (Å²) in [5.74, 6) is -1.38. The van der Waals surface area contributed by atoms with E-state index in [9.17, 15) is 14.7 Å². The standard InChI is InChI=1S/C35H49NO10/c1-8-36-17-32(18-40-3)14-13-23(42-5)35-22-15-33(39)24(43-6)16-34(46-19(2)37,26(29(35)36)27(44-7)28(32)35)25(22)30(33)45-31(38)20-9-11-21(41-4)12-10-20/h9-12,22-30,39H,8,13-18H2,1-7H3/t22-,23+,24+,25-,26-,27-,28+,29+,30+,32-,33+,34-,35-/m1/s1. The lowest BCUT2D eigenvalue weighted by atomic mass is 9.43. The first-order chi connectivity index (χ1) is 22.1. The summed E-state index contributed by atoms with van der Waals surface area (Å²) in [6.07, 6.45) is 0.142. The summed E-state index contributed by atoms with van der Waals surface area (Å²) in [5.41, 5.74) is -3.03. The smallest absolute Gasteiger partial charge is 0.338 e. The Hall–Kier alpha value is -2.28. The molecule has 46 heavy (non-hydrogen) atoms. The predicted molar refractivity (Wildman–Crippen MR) is 164 cm³/mol. The van der Waals surface area contributed by atoms with Crippen LogP contribution in [-0.4, -0.2) is 119 Å². The van der Waals surface area contributed by atoms with Gasteiger partial charge in [0.05, 0.1) is 37.6 Å². The van der Waals surface area contributed by atoms with Crippen molar-refractivity contribution < 1.29 is 47.9 Å². The van der Waals surface area contributed by atoms with Gasteiger partial charge in [-0.2, -0.15) is 0 Å². The first kappa shape index (κ1) is 32.3. The second-order valence-corrected chi connectivity index (χ2v) is 14.6. The van der Waals surface area contributed by atoms with Gasteiger partial charge in [0, 0.05) is 83.0 Å². The van der Waals surface area contributed by atoms with Crippen LogP contribution in [0.15, 0.2) is 24.3 Å². The minimum atomic E-state index is -1.51. The Kier molecular flexibility index (Phi) is 7.81. The van der Waals surface area contributed by atoms with Crippen LogP contribution in [-0.2, 0) is 33.2 Å². The third-order valence-corrected chi connectivity index (χ3v) is 13.3. The van der Waals surface area contributed by atoms with Gasteiger partial charge in [-0.25, -0.2) is 4.79 Å². The van der Waals surface area contributed by atoms with Gasteiger partial charge in [0.25, 0.3) is 0 Å². The molecule has 1 N–H and O–H groups in total. The Balaban J connectivity index is 1.46. The van der Waals surface area contributed by atoms with Crippen molar-refractivity contribution >= 4 is 11.9 Å². The molecule has 5 saturated carbocycles. The zero-order valence-electron chi connectivity index (χ0n) is 28.0. The van der Waals surface area contributed by atoms with Crippen molar-refractivity contribution in [3.63, 3.8) is 0 Å². The van der Waals surface area contributed by atoms with Crippen LogP contribution in [0.2, 0.25) is 0 Å². The van der Waals surface area contributed by atoms with Gasteiger partial charge in [0.2, 0.25) is 0 Å². The SMILES string of the molecule is CCN1C[C@@]2(COC)CC[C@H](OC)[C@]34[C@@H]5C[C@]6(O)[C@@H](OC)C[C@](OC(C)=O)([C@H]([C@@H](OC)[C@@H]23)[C@H]14)[C@H]5[C@@H]6OC(=O)c1ccc(OC)cc1. The quantitative estimate of drug-likeness (QED) is 0.379. The van der Waals surface area contributed by atoms with Gasteiger partial charge in [-0.1, -0.05) is 6.92 Å². The van der Waals surface area contributed by atoms with Crippen LogP contribution in [0, 0.1) is 34.5 Å². The van der Waals surface area contributed by atoms with Crippen LogP contribution in [0.5, 0.6) is 5.75 Å². The topological polar surface area (TPSA) is 122 Å². The molecule has 1 saturated heterocycles. The number of rotatable bonds is 10. The molecule has 6 aliphatic rings.